The Balaban J connectivity index is 3.06. The molecule has 0 spiro atoms. The molecule has 0 aliphatic rings. The van der Waals surface area contributed by atoms with Crippen molar-refractivity contribution in [1.82, 2.24) is 9.78 Å². The van der Waals surface area contributed by atoms with Gasteiger partial charge in [-0.05, 0) is 26.2 Å². The average Bonchev–Trinajstić information content (AvgIpc) is 2.70. The largest absolute Gasteiger partial charge is 0.493 e. The molecule has 0 aliphatic heterocycles. The number of nitrogens with zero attached hydrogens (tertiary/aromatic N) is 2. The van der Waals surface area contributed by atoms with Crippen LogP contribution in [0, 0.1) is 5.92 Å². The molecule has 0 radical (unpaired) electrons. The van der Waals surface area contributed by atoms with Crippen LogP contribution >= 0.6 is 0 Å². The van der Waals surface area contributed by atoms with Gasteiger partial charge in [0, 0.05) is 6.04 Å². The number of hydrogen-bond acceptors (Lipinski definition) is 4. The molecule has 1 atom stereocenters. The standard InChI is InChI=1S/C13H23N3O2/c1-8(2)6-10(14)13(17)12-11(18-5)7-15-16(12)9(3)4/h7-10H,6,14H2,1-5H3. The first-order valence-corrected chi connectivity index (χ1v) is 6.29. The van der Waals surface area contributed by atoms with Gasteiger partial charge in [0.1, 0.15) is 5.69 Å². The van der Waals surface area contributed by atoms with Gasteiger partial charge in [-0.1, -0.05) is 13.8 Å². The van der Waals surface area contributed by atoms with Crippen LogP contribution in [-0.4, -0.2) is 28.7 Å². The fraction of sp³-hybridized carbons (Fsp3) is 0.692. The van der Waals surface area contributed by atoms with Gasteiger partial charge in [0.15, 0.2) is 5.75 Å². The summed E-state index contributed by atoms with van der Waals surface area (Å²) in [5.74, 6) is 0.769. The lowest BCUT2D eigenvalue weighted by atomic mass is 9.99. The molecular weight excluding hydrogens is 230 g/mol. The lowest BCUT2D eigenvalue weighted by Crippen LogP contribution is -2.34. The molecule has 1 heterocycles. The molecule has 1 rings (SSSR count). The normalized spacial score (nSPS) is 13.1. The van der Waals surface area contributed by atoms with E-state index in [1.807, 2.05) is 27.7 Å². The molecule has 1 aromatic rings. The topological polar surface area (TPSA) is 70.1 Å². The van der Waals surface area contributed by atoms with Crippen molar-refractivity contribution in [3.8, 4) is 5.75 Å². The third-order valence-corrected chi connectivity index (χ3v) is 2.77. The van der Waals surface area contributed by atoms with Crippen LogP contribution in [0.1, 0.15) is 50.6 Å². The molecule has 2 N–H and O–H groups in total. The number of ether oxygens (including phenoxy) is 1. The van der Waals surface area contributed by atoms with E-state index in [2.05, 4.69) is 5.10 Å². The van der Waals surface area contributed by atoms with Gasteiger partial charge in [-0.2, -0.15) is 5.10 Å². The monoisotopic (exact) mass is 253 g/mol. The highest BCUT2D eigenvalue weighted by Gasteiger charge is 2.26. The number of Topliss-reactive ketones (excluding diaryl/α,β-unsaturated/α-hetero) is 1. The summed E-state index contributed by atoms with van der Waals surface area (Å²) < 4.78 is 6.86. The number of carbonyl (C=O) groups is 1. The van der Waals surface area contributed by atoms with Crippen molar-refractivity contribution in [3.63, 3.8) is 0 Å². The van der Waals surface area contributed by atoms with Crippen molar-refractivity contribution in [2.24, 2.45) is 11.7 Å². The Labute approximate surface area is 108 Å². The van der Waals surface area contributed by atoms with E-state index in [1.165, 1.54) is 7.11 Å². The van der Waals surface area contributed by atoms with Gasteiger partial charge in [-0.25, -0.2) is 0 Å². The molecule has 1 unspecified atom stereocenters. The number of nitrogens with two attached hydrogens (primary N) is 1. The first kappa shape index (κ1) is 14.7. The number of hydrogen-bond donors (Lipinski definition) is 1. The minimum absolute atomic E-state index is 0.0964. The molecule has 0 saturated carbocycles. The van der Waals surface area contributed by atoms with Crippen LogP contribution in [0.15, 0.2) is 6.20 Å². The van der Waals surface area contributed by atoms with Crippen LogP contribution in [0.3, 0.4) is 0 Å². The highest BCUT2D eigenvalue weighted by Crippen LogP contribution is 2.23. The summed E-state index contributed by atoms with van der Waals surface area (Å²) in [5.41, 5.74) is 6.43. The summed E-state index contributed by atoms with van der Waals surface area (Å²) in [7, 11) is 1.53. The molecule has 5 heteroatoms. The van der Waals surface area contributed by atoms with Crippen molar-refractivity contribution in [2.75, 3.05) is 7.11 Å². The number of rotatable bonds is 6. The molecule has 0 fully saturated rings. The molecule has 0 bridgehead atoms. The Bertz CT molecular complexity index is 410. The maximum atomic E-state index is 12.4. The van der Waals surface area contributed by atoms with Gasteiger partial charge >= 0.3 is 0 Å². The highest BCUT2D eigenvalue weighted by atomic mass is 16.5. The Kier molecular flexibility index (Phi) is 4.90. The second kappa shape index (κ2) is 6.00. The quantitative estimate of drug-likeness (QED) is 0.787. The third kappa shape index (κ3) is 3.10. The summed E-state index contributed by atoms with van der Waals surface area (Å²) in [4.78, 5) is 12.4. The number of ketones is 1. The van der Waals surface area contributed by atoms with Crippen molar-refractivity contribution >= 4 is 5.78 Å². The van der Waals surface area contributed by atoms with E-state index in [9.17, 15) is 4.79 Å². The Morgan fingerprint density at radius 1 is 1.44 bits per heavy atom. The van der Waals surface area contributed by atoms with E-state index in [1.54, 1.807) is 10.9 Å². The first-order valence-electron chi connectivity index (χ1n) is 6.29. The molecule has 0 amide bonds. The minimum Gasteiger partial charge on any atom is -0.493 e. The molecule has 18 heavy (non-hydrogen) atoms. The zero-order chi connectivity index (χ0) is 13.9. The fourth-order valence-electron chi connectivity index (χ4n) is 1.91. The Hall–Kier alpha value is -1.36. The van der Waals surface area contributed by atoms with Crippen LogP contribution in [-0.2, 0) is 0 Å². The minimum atomic E-state index is -0.506. The van der Waals surface area contributed by atoms with Gasteiger partial charge in [0.2, 0.25) is 5.78 Å². The van der Waals surface area contributed by atoms with Crippen LogP contribution in [0.5, 0.6) is 5.75 Å². The van der Waals surface area contributed by atoms with Gasteiger partial charge in [0.05, 0.1) is 19.3 Å². The molecule has 1 aromatic heterocycles. The number of aromatic nitrogens is 2. The molecule has 0 aromatic carbocycles. The van der Waals surface area contributed by atoms with E-state index in [4.69, 9.17) is 10.5 Å². The maximum absolute atomic E-state index is 12.4. The van der Waals surface area contributed by atoms with Gasteiger partial charge in [-0.3, -0.25) is 9.48 Å². The average molecular weight is 253 g/mol. The molecule has 102 valence electrons. The van der Waals surface area contributed by atoms with Crippen LogP contribution < -0.4 is 10.5 Å². The second-order valence-corrected chi connectivity index (χ2v) is 5.20. The summed E-state index contributed by atoms with van der Waals surface area (Å²) in [6.45, 7) is 8.03. The smallest absolute Gasteiger partial charge is 0.201 e. The predicted molar refractivity (Wildman–Crippen MR) is 70.9 cm³/mol. The summed E-state index contributed by atoms with van der Waals surface area (Å²) in [5, 5.41) is 4.18. The van der Waals surface area contributed by atoms with E-state index in [0.717, 1.165) is 0 Å². The van der Waals surface area contributed by atoms with Crippen LogP contribution in [0.25, 0.3) is 0 Å². The van der Waals surface area contributed by atoms with Gasteiger partial charge in [-0.15, -0.1) is 0 Å². The van der Waals surface area contributed by atoms with E-state index in [-0.39, 0.29) is 11.8 Å². The molecule has 0 aliphatic carbocycles. The van der Waals surface area contributed by atoms with Gasteiger partial charge in [0.25, 0.3) is 0 Å². The lowest BCUT2D eigenvalue weighted by Gasteiger charge is -2.16. The van der Waals surface area contributed by atoms with Crippen molar-refractivity contribution in [2.45, 2.75) is 46.2 Å². The number of methoxy groups -OCH3 is 1. The molecule has 5 nitrogen and oxygen atoms in total. The predicted octanol–water partition coefficient (Wildman–Crippen LogP) is 2.03. The van der Waals surface area contributed by atoms with Crippen molar-refractivity contribution in [1.29, 1.82) is 0 Å². The SMILES string of the molecule is COc1cnn(C(C)C)c1C(=O)C(N)CC(C)C. The van der Waals surface area contributed by atoms with Gasteiger partial charge < -0.3 is 10.5 Å². The first-order chi connectivity index (χ1) is 8.38. The van der Waals surface area contributed by atoms with E-state index in [0.29, 0.717) is 23.8 Å². The van der Waals surface area contributed by atoms with Crippen molar-refractivity contribution in [3.05, 3.63) is 11.9 Å². The molecular formula is C13H23N3O2. The van der Waals surface area contributed by atoms with Crippen LogP contribution in [0.4, 0.5) is 0 Å². The van der Waals surface area contributed by atoms with Crippen molar-refractivity contribution < 1.29 is 9.53 Å². The summed E-state index contributed by atoms with van der Waals surface area (Å²) in [6, 6.07) is -0.410. The molecule has 0 saturated heterocycles. The van der Waals surface area contributed by atoms with Crippen LogP contribution in [0.2, 0.25) is 0 Å². The fourth-order valence-corrected chi connectivity index (χ4v) is 1.91. The lowest BCUT2D eigenvalue weighted by molar-refractivity contribution is 0.0935. The van der Waals surface area contributed by atoms with E-state index < -0.39 is 6.04 Å². The maximum Gasteiger partial charge on any atom is 0.201 e. The summed E-state index contributed by atoms with van der Waals surface area (Å²) in [6.07, 6.45) is 2.22. The zero-order valence-electron chi connectivity index (χ0n) is 11.8. The zero-order valence-corrected chi connectivity index (χ0v) is 11.8. The Morgan fingerprint density at radius 2 is 2.06 bits per heavy atom. The summed E-state index contributed by atoms with van der Waals surface area (Å²) >= 11 is 0. The van der Waals surface area contributed by atoms with E-state index >= 15 is 0 Å². The second-order valence-electron chi connectivity index (χ2n) is 5.20. The highest BCUT2D eigenvalue weighted by molar-refractivity contribution is 6.00. The Morgan fingerprint density at radius 3 is 2.50 bits per heavy atom. The number of carbonyl (C=O) groups excluding carboxylic acids is 1. The third-order valence-electron chi connectivity index (χ3n) is 2.77.